The quantitative estimate of drug-likeness (QED) is 0.282. The Morgan fingerprint density at radius 3 is 1.87 bits per heavy atom. The molecule has 3 aromatic carbocycles. The fraction of sp³-hybridized carbons (Fsp3) is 0.500. The molecule has 38 heavy (non-hydrogen) atoms. The smallest absolute Gasteiger partial charge is 0.126 e. The number of hydrogen-bond donors (Lipinski definition) is 2. The van der Waals surface area contributed by atoms with Crippen molar-refractivity contribution in [2.75, 3.05) is 0 Å². The highest BCUT2D eigenvalue weighted by molar-refractivity contribution is 5.77. The lowest BCUT2D eigenvalue weighted by Gasteiger charge is -2.42. The fourth-order valence-corrected chi connectivity index (χ4v) is 5.28. The molecule has 0 amide bonds. The SMILES string of the molecule is CCC(C)(C)Cc1ccc(-c2cccc(CC(C)(C)c3cccc(C(C)(C)C(C)(C)CC)c3)c2O)c(O)c1. The van der Waals surface area contributed by atoms with E-state index in [-0.39, 0.29) is 33.2 Å². The molecule has 0 bridgehead atoms. The van der Waals surface area contributed by atoms with Crippen molar-refractivity contribution in [1.29, 1.82) is 0 Å². The molecular formula is C36H50O2. The van der Waals surface area contributed by atoms with Gasteiger partial charge >= 0.3 is 0 Å². The number of phenolic OH excluding ortho intramolecular Hbond substituents is 2. The Labute approximate surface area is 232 Å². The van der Waals surface area contributed by atoms with Crippen LogP contribution in [0, 0.1) is 10.8 Å². The van der Waals surface area contributed by atoms with Crippen LogP contribution >= 0.6 is 0 Å². The molecule has 0 aliphatic carbocycles. The zero-order valence-corrected chi connectivity index (χ0v) is 25.5. The van der Waals surface area contributed by atoms with Crippen LogP contribution in [0.4, 0.5) is 0 Å². The van der Waals surface area contributed by atoms with Gasteiger partial charge in [0.25, 0.3) is 0 Å². The molecule has 0 aliphatic heterocycles. The Morgan fingerprint density at radius 1 is 0.632 bits per heavy atom. The first-order valence-electron chi connectivity index (χ1n) is 14.3. The largest absolute Gasteiger partial charge is 0.507 e. The lowest BCUT2D eigenvalue weighted by molar-refractivity contribution is 0.189. The molecule has 3 rings (SSSR count). The Bertz CT molecular complexity index is 1260. The van der Waals surface area contributed by atoms with Crippen LogP contribution in [-0.4, -0.2) is 10.2 Å². The molecular weight excluding hydrogens is 464 g/mol. The lowest BCUT2D eigenvalue weighted by atomic mass is 9.62. The van der Waals surface area contributed by atoms with Crippen molar-refractivity contribution >= 4 is 0 Å². The van der Waals surface area contributed by atoms with Gasteiger partial charge in [0.2, 0.25) is 0 Å². The summed E-state index contributed by atoms with van der Waals surface area (Å²) in [6.07, 6.45) is 3.78. The number of aromatic hydroxyl groups is 2. The molecule has 0 saturated carbocycles. The Balaban J connectivity index is 1.93. The van der Waals surface area contributed by atoms with Gasteiger partial charge in [-0.25, -0.2) is 0 Å². The molecule has 2 heteroatoms. The summed E-state index contributed by atoms with van der Waals surface area (Å²) in [5.41, 5.74) is 6.18. The third-order valence-corrected chi connectivity index (χ3v) is 9.69. The highest BCUT2D eigenvalue weighted by Crippen LogP contribution is 2.45. The van der Waals surface area contributed by atoms with E-state index in [9.17, 15) is 10.2 Å². The van der Waals surface area contributed by atoms with Gasteiger partial charge in [-0.05, 0) is 62.8 Å². The van der Waals surface area contributed by atoms with Gasteiger partial charge in [-0.1, -0.05) is 137 Å². The molecule has 0 fully saturated rings. The van der Waals surface area contributed by atoms with Gasteiger partial charge in [0.15, 0.2) is 0 Å². The fourth-order valence-electron chi connectivity index (χ4n) is 5.28. The summed E-state index contributed by atoms with van der Waals surface area (Å²) < 4.78 is 0. The summed E-state index contributed by atoms with van der Waals surface area (Å²) in [5.74, 6) is 0.468. The molecule has 2 nitrogen and oxygen atoms in total. The lowest BCUT2D eigenvalue weighted by Crippen LogP contribution is -2.36. The first-order chi connectivity index (χ1) is 17.5. The highest BCUT2D eigenvalue weighted by atomic mass is 16.3. The summed E-state index contributed by atoms with van der Waals surface area (Å²) in [6.45, 7) is 22.8. The van der Waals surface area contributed by atoms with Crippen LogP contribution in [0.2, 0.25) is 0 Å². The minimum absolute atomic E-state index is 0.0337. The van der Waals surface area contributed by atoms with Crippen LogP contribution in [0.25, 0.3) is 11.1 Å². The van der Waals surface area contributed by atoms with Gasteiger partial charge in [0, 0.05) is 11.1 Å². The number of benzene rings is 3. The molecule has 3 aromatic rings. The van der Waals surface area contributed by atoms with E-state index >= 15 is 0 Å². The first-order valence-corrected chi connectivity index (χ1v) is 14.3. The van der Waals surface area contributed by atoms with Crippen molar-refractivity contribution in [3.05, 3.63) is 82.9 Å². The Kier molecular flexibility index (Phi) is 8.47. The van der Waals surface area contributed by atoms with Crippen LogP contribution in [0.3, 0.4) is 0 Å². The number of hydrogen-bond acceptors (Lipinski definition) is 2. The minimum Gasteiger partial charge on any atom is -0.507 e. The molecule has 0 saturated heterocycles. The third-order valence-electron chi connectivity index (χ3n) is 9.69. The number of para-hydroxylation sites is 1. The molecule has 0 aliphatic rings. The summed E-state index contributed by atoms with van der Waals surface area (Å²) in [5, 5.41) is 22.3. The molecule has 0 atom stereocenters. The Hall–Kier alpha value is -2.74. The number of phenols is 2. The third kappa shape index (κ3) is 6.11. The van der Waals surface area contributed by atoms with Gasteiger partial charge in [0.1, 0.15) is 11.5 Å². The van der Waals surface area contributed by atoms with E-state index in [0.717, 1.165) is 30.4 Å². The van der Waals surface area contributed by atoms with Crippen molar-refractivity contribution in [1.82, 2.24) is 0 Å². The van der Waals surface area contributed by atoms with Crippen LogP contribution in [0.5, 0.6) is 11.5 Å². The zero-order chi connectivity index (χ0) is 28.5. The van der Waals surface area contributed by atoms with E-state index in [0.29, 0.717) is 17.5 Å². The van der Waals surface area contributed by atoms with Crippen LogP contribution in [0.15, 0.2) is 60.7 Å². The highest BCUT2D eigenvalue weighted by Gasteiger charge is 2.37. The average Bonchev–Trinajstić information content (AvgIpc) is 2.85. The second-order valence-electron chi connectivity index (χ2n) is 13.9. The summed E-state index contributed by atoms with van der Waals surface area (Å²) >= 11 is 0. The predicted molar refractivity (Wildman–Crippen MR) is 163 cm³/mol. The summed E-state index contributed by atoms with van der Waals surface area (Å²) in [7, 11) is 0. The van der Waals surface area contributed by atoms with Crippen molar-refractivity contribution in [3.63, 3.8) is 0 Å². The van der Waals surface area contributed by atoms with Crippen LogP contribution in [-0.2, 0) is 23.7 Å². The van der Waals surface area contributed by atoms with E-state index in [1.165, 1.54) is 11.1 Å². The van der Waals surface area contributed by atoms with Crippen molar-refractivity contribution in [3.8, 4) is 22.6 Å². The molecule has 0 unspecified atom stereocenters. The van der Waals surface area contributed by atoms with Crippen LogP contribution < -0.4 is 0 Å². The molecule has 0 heterocycles. The normalized spacial score (nSPS) is 13.1. The van der Waals surface area contributed by atoms with Gasteiger partial charge in [0.05, 0.1) is 0 Å². The van der Waals surface area contributed by atoms with Crippen molar-refractivity contribution in [2.45, 2.75) is 106 Å². The molecule has 0 aromatic heterocycles. The molecule has 2 N–H and O–H groups in total. The minimum atomic E-state index is -0.184. The maximum Gasteiger partial charge on any atom is 0.126 e. The maximum absolute atomic E-state index is 11.4. The van der Waals surface area contributed by atoms with E-state index in [2.05, 4.69) is 99.6 Å². The van der Waals surface area contributed by atoms with E-state index in [4.69, 9.17) is 0 Å². The summed E-state index contributed by atoms with van der Waals surface area (Å²) in [4.78, 5) is 0. The average molecular weight is 515 g/mol. The van der Waals surface area contributed by atoms with E-state index < -0.39 is 0 Å². The van der Waals surface area contributed by atoms with Crippen molar-refractivity contribution < 1.29 is 10.2 Å². The van der Waals surface area contributed by atoms with E-state index in [1.54, 1.807) is 0 Å². The first kappa shape index (κ1) is 29.8. The number of rotatable bonds is 10. The van der Waals surface area contributed by atoms with Gasteiger partial charge in [-0.3, -0.25) is 0 Å². The maximum atomic E-state index is 11.4. The second-order valence-corrected chi connectivity index (χ2v) is 13.9. The van der Waals surface area contributed by atoms with Gasteiger partial charge in [-0.2, -0.15) is 0 Å². The van der Waals surface area contributed by atoms with Gasteiger partial charge < -0.3 is 10.2 Å². The van der Waals surface area contributed by atoms with Crippen LogP contribution in [0.1, 0.15) is 104 Å². The monoisotopic (exact) mass is 514 g/mol. The molecule has 0 spiro atoms. The topological polar surface area (TPSA) is 40.5 Å². The van der Waals surface area contributed by atoms with E-state index in [1.807, 2.05) is 30.3 Å². The summed E-state index contributed by atoms with van der Waals surface area (Å²) in [6, 6.07) is 20.8. The molecule has 0 radical (unpaired) electrons. The second kappa shape index (κ2) is 10.8. The predicted octanol–water partition coefficient (Wildman–Crippen LogP) is 9.98. The zero-order valence-electron chi connectivity index (χ0n) is 25.5. The van der Waals surface area contributed by atoms with Gasteiger partial charge in [-0.15, -0.1) is 0 Å². The van der Waals surface area contributed by atoms with Crippen molar-refractivity contribution in [2.24, 2.45) is 10.8 Å². The standard InChI is InChI=1S/C36H50O2/c1-11-33(3,4)23-25-19-20-29(31(37)21-25)30-18-13-15-26(32(30)38)24-34(5,6)27-16-14-17-28(22-27)36(9,10)35(7,8)12-2/h13-22,37-38H,11-12,23-24H2,1-10H3. The molecule has 206 valence electrons. The Morgan fingerprint density at radius 2 is 1.26 bits per heavy atom.